The number of fused-ring (bicyclic) bond motifs is 6. The number of rotatable bonds is 11. The second-order valence-electron chi connectivity index (χ2n) is 19.8. The normalized spacial score (nSPS) is 11.9. The lowest BCUT2D eigenvalue weighted by Crippen LogP contribution is -2.78. The molecule has 358 valence electrons. The van der Waals surface area contributed by atoms with Crippen molar-refractivity contribution in [3.63, 3.8) is 0 Å². The molecule has 0 aliphatic heterocycles. The molecule has 3 heterocycles. The molecule has 0 radical (unpaired) electrons. The molecule has 3 nitrogen and oxygen atoms in total. The van der Waals surface area contributed by atoms with Gasteiger partial charge in [0.1, 0.15) is 5.82 Å². The Morgan fingerprint density at radius 2 is 0.579 bits per heavy atom. The summed E-state index contributed by atoms with van der Waals surface area (Å²) in [6.07, 6.45) is 0. The molecule has 11 aromatic carbocycles. The van der Waals surface area contributed by atoms with Crippen LogP contribution in [0.5, 0.6) is 0 Å². The van der Waals surface area contributed by atoms with Crippen LogP contribution in [-0.4, -0.2) is 30.3 Å². The molecule has 0 aliphatic carbocycles. The topological polar surface area (TPSA) is 22.8 Å². The number of hydrogen-bond acceptors (Lipinski definition) is 1. The number of hydrogen-bond donors (Lipinski definition) is 0. The van der Waals surface area contributed by atoms with Crippen molar-refractivity contribution in [2.75, 3.05) is 0 Å². The van der Waals surface area contributed by atoms with E-state index in [1.807, 2.05) is 0 Å². The molecule has 0 N–H and O–H groups in total. The molecule has 3 aromatic heterocycles. The Balaban J connectivity index is 1.06. The van der Waals surface area contributed by atoms with Gasteiger partial charge in [0.15, 0.2) is 16.1 Å². The number of para-hydroxylation sites is 3. The van der Waals surface area contributed by atoms with Crippen molar-refractivity contribution in [3.05, 3.63) is 309 Å². The van der Waals surface area contributed by atoms with Crippen molar-refractivity contribution in [3.8, 4) is 22.8 Å². The Labute approximate surface area is 444 Å². The van der Waals surface area contributed by atoms with E-state index in [0.29, 0.717) is 0 Å². The Kier molecular flexibility index (Phi) is 11.2. The van der Waals surface area contributed by atoms with Gasteiger partial charge in [-0.05, 0) is 90.0 Å². The highest BCUT2D eigenvalue weighted by Gasteiger charge is 2.46. The first-order valence-electron chi connectivity index (χ1n) is 26.2. The summed E-state index contributed by atoms with van der Waals surface area (Å²) in [5, 5.41) is 15.5. The van der Waals surface area contributed by atoms with Gasteiger partial charge in [-0.1, -0.05) is 261 Å². The van der Waals surface area contributed by atoms with Gasteiger partial charge in [0.25, 0.3) is 0 Å². The van der Waals surface area contributed by atoms with Gasteiger partial charge in [-0.15, -0.1) is 0 Å². The molecule has 0 unspecified atom stereocenters. The summed E-state index contributed by atoms with van der Waals surface area (Å²) >= 11 is 0. The van der Waals surface area contributed by atoms with Crippen molar-refractivity contribution >= 4 is 101 Å². The molecule has 0 amide bonds. The molecule has 5 heteroatoms. The van der Waals surface area contributed by atoms with Gasteiger partial charge < -0.3 is 4.57 Å². The van der Waals surface area contributed by atoms with Crippen LogP contribution in [0.3, 0.4) is 0 Å². The molecule has 0 saturated heterocycles. The van der Waals surface area contributed by atoms with Crippen LogP contribution in [0.25, 0.3) is 66.4 Å². The quantitative estimate of drug-likeness (QED) is 0.0935. The minimum Gasteiger partial charge on any atom is -0.309 e. The van der Waals surface area contributed by atoms with E-state index < -0.39 is 16.1 Å². The molecule has 0 spiro atoms. The number of pyridine rings is 1. The average Bonchev–Trinajstić information content (AvgIpc) is 4.13. The molecule has 14 rings (SSSR count). The van der Waals surface area contributed by atoms with Crippen LogP contribution in [0, 0.1) is 0 Å². The predicted molar refractivity (Wildman–Crippen MR) is 326 cm³/mol. The lowest BCUT2D eigenvalue weighted by atomic mass is 10.1. The second kappa shape index (κ2) is 18.8. The molecule has 14 aromatic rings. The summed E-state index contributed by atoms with van der Waals surface area (Å²) in [6, 6.07) is 115. The molecule has 0 bridgehead atoms. The maximum atomic E-state index is 5.81. The molecular formula is C71H51N3Si2. The standard InChI is InChI=1S/C71H51N3Si2/c1-7-26-54(27-8-1)75(55-28-9-2-10-29-55,56-30-11-3-12-31-56)60-48-52(49-61(51-60)76(57-32-13-4-14-33-57,58-34-15-5-16-35-58)59-36-17-6-18-37-59)66-41-25-45-71(72-66)74-69-44-24-21-40-64(69)65-50-53(46-47-70(65)74)73-67-42-22-19-38-62(67)63-39-20-23-43-68(63)73/h1-51H. The predicted octanol–water partition coefficient (Wildman–Crippen LogP) is 11.7. The molecule has 0 saturated carbocycles. The third-order valence-corrected chi connectivity index (χ3v) is 25.3. The van der Waals surface area contributed by atoms with Gasteiger partial charge in [0, 0.05) is 32.8 Å². The Hall–Kier alpha value is -9.40. The summed E-state index contributed by atoms with van der Waals surface area (Å²) in [7, 11) is -6.18. The van der Waals surface area contributed by atoms with Crippen molar-refractivity contribution in [2.24, 2.45) is 0 Å². The van der Waals surface area contributed by atoms with Crippen molar-refractivity contribution in [1.29, 1.82) is 0 Å². The summed E-state index contributed by atoms with van der Waals surface area (Å²) in [4.78, 5) is 5.81. The lowest BCUT2D eigenvalue weighted by molar-refractivity contribution is 1.08. The Morgan fingerprint density at radius 1 is 0.237 bits per heavy atom. The third kappa shape index (κ3) is 7.19. The molecule has 76 heavy (non-hydrogen) atoms. The van der Waals surface area contributed by atoms with E-state index in [1.165, 1.54) is 74.1 Å². The van der Waals surface area contributed by atoms with E-state index in [0.717, 1.165) is 33.8 Å². The molecule has 0 fully saturated rings. The van der Waals surface area contributed by atoms with E-state index in [2.05, 4.69) is 319 Å². The van der Waals surface area contributed by atoms with Gasteiger partial charge in [0.2, 0.25) is 0 Å². The van der Waals surface area contributed by atoms with Crippen molar-refractivity contribution in [1.82, 2.24) is 14.1 Å². The Bertz CT molecular complexity index is 3990. The highest BCUT2D eigenvalue weighted by Crippen LogP contribution is 2.37. The lowest BCUT2D eigenvalue weighted by Gasteiger charge is -2.38. The minimum atomic E-state index is -3.09. The maximum Gasteiger partial charge on any atom is 0.179 e. The van der Waals surface area contributed by atoms with Crippen LogP contribution < -0.4 is 41.5 Å². The molecular weight excluding hydrogens is 951 g/mol. The highest BCUT2D eigenvalue weighted by atomic mass is 28.3. The van der Waals surface area contributed by atoms with E-state index in [1.54, 1.807) is 0 Å². The highest BCUT2D eigenvalue weighted by molar-refractivity contribution is 7.22. The maximum absolute atomic E-state index is 5.81. The minimum absolute atomic E-state index is 0.871. The molecule has 0 aliphatic rings. The fourth-order valence-electron chi connectivity index (χ4n) is 12.6. The zero-order valence-electron chi connectivity index (χ0n) is 41.8. The van der Waals surface area contributed by atoms with Crippen LogP contribution in [-0.2, 0) is 0 Å². The first-order valence-corrected chi connectivity index (χ1v) is 30.2. The van der Waals surface area contributed by atoms with Gasteiger partial charge in [-0.25, -0.2) is 4.98 Å². The number of nitrogens with zero attached hydrogens (tertiary/aromatic N) is 3. The largest absolute Gasteiger partial charge is 0.309 e. The Morgan fingerprint density at radius 3 is 0.987 bits per heavy atom. The number of benzene rings is 11. The van der Waals surface area contributed by atoms with Crippen LogP contribution in [0.4, 0.5) is 0 Å². The summed E-state index contributed by atoms with van der Waals surface area (Å²) < 4.78 is 4.77. The summed E-state index contributed by atoms with van der Waals surface area (Å²) in [5.41, 5.74) is 7.75. The zero-order valence-corrected chi connectivity index (χ0v) is 43.8. The zero-order chi connectivity index (χ0) is 50.5. The van der Waals surface area contributed by atoms with Gasteiger partial charge in [-0.2, -0.15) is 0 Å². The van der Waals surface area contributed by atoms with Gasteiger partial charge >= 0.3 is 0 Å². The van der Waals surface area contributed by atoms with Crippen molar-refractivity contribution < 1.29 is 0 Å². The third-order valence-electron chi connectivity index (χ3n) is 15.8. The monoisotopic (exact) mass is 1000 g/mol. The van der Waals surface area contributed by atoms with E-state index in [4.69, 9.17) is 4.98 Å². The van der Waals surface area contributed by atoms with Crippen LogP contribution in [0.15, 0.2) is 309 Å². The van der Waals surface area contributed by atoms with E-state index >= 15 is 0 Å². The first kappa shape index (κ1) is 45.2. The fourth-order valence-corrected chi connectivity index (χ4v) is 22.4. The van der Waals surface area contributed by atoms with E-state index in [9.17, 15) is 0 Å². The summed E-state index contributed by atoms with van der Waals surface area (Å²) in [6.45, 7) is 0. The first-order chi connectivity index (χ1) is 37.7. The average molecular weight is 1000 g/mol. The van der Waals surface area contributed by atoms with Crippen molar-refractivity contribution in [2.45, 2.75) is 0 Å². The SMILES string of the molecule is c1ccc([Si](c2ccccc2)(c2ccccc2)c2cc(-c3cccc(-n4c5ccccc5c5cc(-n6c7ccccc7c7ccccc76)ccc54)n3)cc([Si](c3ccccc3)(c3ccccc3)c3ccccc3)c2)cc1. The van der Waals surface area contributed by atoms with E-state index in [-0.39, 0.29) is 0 Å². The second-order valence-corrected chi connectivity index (χ2v) is 27.4. The van der Waals surface area contributed by atoms with Gasteiger partial charge in [0.05, 0.1) is 27.8 Å². The van der Waals surface area contributed by atoms with Crippen LogP contribution in [0.1, 0.15) is 0 Å². The van der Waals surface area contributed by atoms with Crippen LogP contribution in [0.2, 0.25) is 0 Å². The number of aromatic nitrogens is 3. The summed E-state index contributed by atoms with van der Waals surface area (Å²) in [5.74, 6) is 0.871. The molecule has 0 atom stereocenters. The van der Waals surface area contributed by atoms with Gasteiger partial charge in [-0.3, -0.25) is 4.57 Å². The fraction of sp³-hybridized carbons (Fsp3) is 0. The smallest absolute Gasteiger partial charge is 0.179 e. The van der Waals surface area contributed by atoms with Crippen LogP contribution >= 0.6 is 0 Å².